The van der Waals surface area contributed by atoms with Crippen molar-refractivity contribution in [1.29, 1.82) is 0 Å². The van der Waals surface area contributed by atoms with Crippen LogP contribution in [0.25, 0.3) is 0 Å². The number of carboxylic acid groups (broad SMARTS) is 4. The van der Waals surface area contributed by atoms with Gasteiger partial charge in [-0.2, -0.15) is 0 Å². The van der Waals surface area contributed by atoms with Gasteiger partial charge in [-0.25, -0.2) is 9.59 Å². The van der Waals surface area contributed by atoms with Crippen LogP contribution in [0.4, 0.5) is 9.59 Å². The van der Waals surface area contributed by atoms with Gasteiger partial charge in [-0.05, 0) is 0 Å². The Kier molecular flexibility index (Phi) is 34.7. The molecule has 0 aliphatic carbocycles. The molecule has 0 saturated carbocycles. The van der Waals surface area contributed by atoms with E-state index in [-0.39, 0.29) is 5.48 Å². The summed E-state index contributed by atoms with van der Waals surface area (Å²) < 4.78 is 0. The number of hydrogen-bond acceptors (Lipinski definition) is 2. The summed E-state index contributed by atoms with van der Waals surface area (Å²) in [6.07, 6.45) is 4.82. The van der Waals surface area contributed by atoms with Gasteiger partial charge in [0.05, 0.1) is 0 Å². The molecule has 0 saturated heterocycles. The van der Waals surface area contributed by atoms with Crippen molar-refractivity contribution < 1.29 is 35.5 Å². The lowest BCUT2D eigenvalue weighted by atomic mass is 10.1. The molecule has 0 radical (unpaired) electrons. The molecule has 0 aromatic carbocycles. The van der Waals surface area contributed by atoms with E-state index in [9.17, 15) is 0 Å². The molecule has 0 rings (SSSR count). The van der Waals surface area contributed by atoms with E-state index in [2.05, 4.69) is 13.8 Å². The van der Waals surface area contributed by atoms with Crippen LogP contribution in [0.1, 0.15) is 52.4 Å². The highest BCUT2D eigenvalue weighted by Gasteiger charge is 1.83. The minimum Gasteiger partial charge on any atom is -0.450 e. The van der Waals surface area contributed by atoms with Gasteiger partial charge in [0.15, 0.2) is 0 Å². The molecule has 0 unspecified atom stereocenters. The maximum absolute atomic E-state index is 8.56. The van der Waals surface area contributed by atoms with Crippen LogP contribution < -0.4 is 0 Å². The highest BCUT2D eigenvalue weighted by molar-refractivity contribution is 5.53. The van der Waals surface area contributed by atoms with E-state index >= 15 is 0 Å². The third-order valence-corrected chi connectivity index (χ3v) is 1.46. The largest absolute Gasteiger partial charge is 0.503 e. The summed E-state index contributed by atoms with van der Waals surface area (Å²) in [4.78, 5) is 17.1. The fourth-order valence-corrected chi connectivity index (χ4v) is 0.854. The summed E-state index contributed by atoms with van der Waals surface area (Å²) in [5.74, 6) is 0. The standard InChI is InChI=1S/C8H18.2CH2O3.H2O/c1-3-5-7-8-6-4-2;2*2-1(3)4;/h3-8H2,1-2H3;2*(H2,2,3,4);1H2. The Morgan fingerprint density at radius 1 is 0.706 bits per heavy atom. The summed E-state index contributed by atoms with van der Waals surface area (Å²) in [5.41, 5.74) is 0. The SMILES string of the molecule is CCCCCCCC.O.O=C(O)O.O=C(O)O. The van der Waals surface area contributed by atoms with Crippen molar-refractivity contribution in [2.24, 2.45) is 0 Å². The predicted molar refractivity (Wildman–Crippen MR) is 64.0 cm³/mol. The van der Waals surface area contributed by atoms with Gasteiger partial charge in [-0.3, -0.25) is 0 Å². The lowest BCUT2D eigenvalue weighted by Crippen LogP contribution is -1.81. The molecule has 7 heteroatoms. The van der Waals surface area contributed by atoms with Crippen molar-refractivity contribution in [3.8, 4) is 0 Å². The molecule has 0 spiro atoms. The number of carbonyl (C=O) groups is 2. The van der Waals surface area contributed by atoms with E-state index in [0.717, 1.165) is 0 Å². The molecule has 0 heterocycles. The van der Waals surface area contributed by atoms with E-state index in [0.29, 0.717) is 0 Å². The Labute approximate surface area is 101 Å². The van der Waals surface area contributed by atoms with Crippen LogP contribution in [0, 0.1) is 0 Å². The zero-order chi connectivity index (χ0) is 13.4. The van der Waals surface area contributed by atoms with E-state index in [1.807, 2.05) is 0 Å². The quantitative estimate of drug-likeness (QED) is 0.556. The Balaban J connectivity index is -0.0000000806. The highest BCUT2D eigenvalue weighted by atomic mass is 16.6. The molecule has 0 aliphatic rings. The number of unbranched alkanes of at least 4 members (excludes halogenated alkanes) is 5. The Bertz CT molecular complexity index is 133. The second kappa shape index (κ2) is 24.0. The fraction of sp³-hybridized carbons (Fsp3) is 0.800. The average molecular weight is 256 g/mol. The zero-order valence-corrected chi connectivity index (χ0v) is 10.3. The number of hydrogen-bond donors (Lipinski definition) is 4. The van der Waals surface area contributed by atoms with Crippen LogP contribution in [-0.4, -0.2) is 38.2 Å². The van der Waals surface area contributed by atoms with Gasteiger partial charge in [0.2, 0.25) is 0 Å². The first-order valence-corrected chi connectivity index (χ1v) is 5.22. The fourth-order valence-electron chi connectivity index (χ4n) is 0.854. The average Bonchev–Trinajstić information content (AvgIpc) is 2.11. The maximum atomic E-state index is 8.56. The minimum atomic E-state index is -1.83. The Hall–Kier alpha value is -1.50. The van der Waals surface area contributed by atoms with Crippen LogP contribution in [0.15, 0.2) is 0 Å². The van der Waals surface area contributed by atoms with E-state index in [4.69, 9.17) is 30.0 Å². The van der Waals surface area contributed by atoms with Crippen molar-refractivity contribution >= 4 is 12.3 Å². The third kappa shape index (κ3) is 185. The Morgan fingerprint density at radius 2 is 0.882 bits per heavy atom. The van der Waals surface area contributed by atoms with Gasteiger partial charge in [0.25, 0.3) is 0 Å². The predicted octanol–water partition coefficient (Wildman–Crippen LogP) is 2.99. The van der Waals surface area contributed by atoms with Gasteiger partial charge < -0.3 is 25.9 Å². The molecular formula is C10H24O7. The lowest BCUT2D eigenvalue weighted by molar-refractivity contribution is 0.135. The molecule has 0 bridgehead atoms. The van der Waals surface area contributed by atoms with Crippen molar-refractivity contribution in [2.75, 3.05) is 0 Å². The van der Waals surface area contributed by atoms with E-state index in [1.54, 1.807) is 0 Å². The molecule has 7 nitrogen and oxygen atoms in total. The maximum Gasteiger partial charge on any atom is 0.503 e. The van der Waals surface area contributed by atoms with Crippen LogP contribution in [0.2, 0.25) is 0 Å². The van der Waals surface area contributed by atoms with Gasteiger partial charge in [-0.15, -0.1) is 0 Å². The monoisotopic (exact) mass is 256 g/mol. The molecule has 0 amide bonds. The molecule has 17 heavy (non-hydrogen) atoms. The zero-order valence-electron chi connectivity index (χ0n) is 10.3. The molecule has 0 aromatic heterocycles. The first-order chi connectivity index (χ1) is 7.38. The third-order valence-electron chi connectivity index (χ3n) is 1.46. The summed E-state index contributed by atoms with van der Waals surface area (Å²) >= 11 is 0. The van der Waals surface area contributed by atoms with Crippen molar-refractivity contribution in [3.63, 3.8) is 0 Å². The van der Waals surface area contributed by atoms with E-state index < -0.39 is 12.3 Å². The van der Waals surface area contributed by atoms with Crippen molar-refractivity contribution in [2.45, 2.75) is 52.4 Å². The second-order valence-corrected chi connectivity index (χ2v) is 2.98. The summed E-state index contributed by atoms with van der Waals surface area (Å²) in [6.45, 7) is 4.51. The second-order valence-electron chi connectivity index (χ2n) is 2.98. The van der Waals surface area contributed by atoms with E-state index in [1.165, 1.54) is 38.5 Å². The molecule has 0 aliphatic heterocycles. The summed E-state index contributed by atoms with van der Waals surface area (Å²) in [6, 6.07) is 0. The lowest BCUT2D eigenvalue weighted by Gasteiger charge is -1.93. The molecule has 0 fully saturated rings. The van der Waals surface area contributed by atoms with Crippen molar-refractivity contribution in [1.82, 2.24) is 0 Å². The molecule has 0 atom stereocenters. The normalized spacial score (nSPS) is 7.41. The highest BCUT2D eigenvalue weighted by Crippen LogP contribution is 2.03. The molecule has 106 valence electrons. The van der Waals surface area contributed by atoms with Gasteiger partial charge >= 0.3 is 12.3 Å². The van der Waals surface area contributed by atoms with Gasteiger partial charge in [0.1, 0.15) is 0 Å². The molecule has 6 N–H and O–H groups in total. The minimum absolute atomic E-state index is 0. The number of rotatable bonds is 5. The van der Waals surface area contributed by atoms with Gasteiger partial charge in [0, 0.05) is 0 Å². The van der Waals surface area contributed by atoms with Gasteiger partial charge in [-0.1, -0.05) is 52.4 Å². The van der Waals surface area contributed by atoms with Crippen LogP contribution >= 0.6 is 0 Å². The van der Waals surface area contributed by atoms with Crippen LogP contribution in [-0.2, 0) is 0 Å². The first-order valence-electron chi connectivity index (χ1n) is 5.22. The molecule has 0 aromatic rings. The topological polar surface area (TPSA) is 147 Å². The first kappa shape index (κ1) is 24.6. The molecular weight excluding hydrogens is 232 g/mol. The smallest absolute Gasteiger partial charge is 0.450 e. The summed E-state index contributed by atoms with van der Waals surface area (Å²) in [5, 5.41) is 27.9. The summed E-state index contributed by atoms with van der Waals surface area (Å²) in [7, 11) is 0. The van der Waals surface area contributed by atoms with Crippen molar-refractivity contribution in [3.05, 3.63) is 0 Å². The van der Waals surface area contributed by atoms with Crippen LogP contribution in [0.5, 0.6) is 0 Å². The Morgan fingerprint density at radius 3 is 1.00 bits per heavy atom. The van der Waals surface area contributed by atoms with Crippen LogP contribution in [0.3, 0.4) is 0 Å².